The lowest BCUT2D eigenvalue weighted by molar-refractivity contribution is -0.142. The van der Waals surface area contributed by atoms with Crippen LogP contribution in [-0.4, -0.2) is 25.0 Å². The summed E-state index contributed by atoms with van der Waals surface area (Å²) >= 11 is 0. The number of rotatable bonds is 4. The van der Waals surface area contributed by atoms with Gasteiger partial charge in [0.15, 0.2) is 0 Å². The number of alkyl halides is 3. The molecule has 0 heterocycles. The van der Waals surface area contributed by atoms with Crippen molar-refractivity contribution in [1.82, 2.24) is 5.32 Å². The zero-order valence-corrected chi connectivity index (χ0v) is 11.0. The zero-order valence-electron chi connectivity index (χ0n) is 11.0. The molecule has 0 aliphatic heterocycles. The Morgan fingerprint density at radius 1 is 1.38 bits per heavy atom. The first-order valence-corrected chi connectivity index (χ1v) is 5.79. The highest BCUT2D eigenvalue weighted by atomic mass is 19.4. The lowest BCUT2D eigenvalue weighted by Gasteiger charge is -2.16. The van der Waals surface area contributed by atoms with Gasteiger partial charge in [-0.15, -0.1) is 12.3 Å². The topological polar surface area (TPSA) is 55.4 Å². The summed E-state index contributed by atoms with van der Waals surface area (Å²) in [7, 11) is 1.08. The molecule has 0 fully saturated rings. The first-order valence-electron chi connectivity index (χ1n) is 5.79. The predicted molar refractivity (Wildman–Crippen MR) is 68.2 cm³/mol. The predicted octanol–water partition coefficient (Wildman–Crippen LogP) is 2.00. The van der Waals surface area contributed by atoms with Gasteiger partial charge in [0.1, 0.15) is 6.04 Å². The molecule has 0 spiro atoms. The highest BCUT2D eigenvalue weighted by molar-refractivity contribution is 5.98. The number of nitrogens with one attached hydrogen (secondary N) is 1. The molecule has 1 rings (SSSR count). The molecule has 1 amide bonds. The third-order valence-corrected chi connectivity index (χ3v) is 2.59. The van der Waals surface area contributed by atoms with Crippen molar-refractivity contribution in [2.24, 2.45) is 0 Å². The first-order chi connectivity index (χ1) is 9.81. The molecule has 0 radical (unpaired) electrons. The van der Waals surface area contributed by atoms with E-state index < -0.39 is 35.2 Å². The molecule has 0 saturated heterocycles. The Labute approximate surface area is 119 Å². The van der Waals surface area contributed by atoms with Crippen LogP contribution in [0.4, 0.5) is 13.2 Å². The minimum absolute atomic E-state index is 0.188. The average molecular weight is 299 g/mol. The van der Waals surface area contributed by atoms with Crippen LogP contribution in [0.2, 0.25) is 0 Å². The Bertz CT molecular complexity index is 576. The van der Waals surface area contributed by atoms with Gasteiger partial charge < -0.3 is 10.1 Å². The lowest BCUT2D eigenvalue weighted by Crippen LogP contribution is -2.41. The van der Waals surface area contributed by atoms with Gasteiger partial charge in [0.25, 0.3) is 5.91 Å². The molecule has 0 saturated carbocycles. The molecule has 7 heteroatoms. The minimum atomic E-state index is -4.68. The number of hydrogen-bond acceptors (Lipinski definition) is 3. The average Bonchev–Trinajstić information content (AvgIpc) is 2.45. The van der Waals surface area contributed by atoms with E-state index in [-0.39, 0.29) is 6.42 Å². The SMILES string of the molecule is C#CC[C@H](NC(=O)c1ccccc1C(F)(F)F)C(=O)OC. The maximum atomic E-state index is 12.8. The van der Waals surface area contributed by atoms with Gasteiger partial charge in [-0.1, -0.05) is 12.1 Å². The summed E-state index contributed by atoms with van der Waals surface area (Å²) in [6, 6.07) is 3.05. The number of carbonyl (C=O) groups is 2. The number of ether oxygens (including phenoxy) is 1. The third-order valence-electron chi connectivity index (χ3n) is 2.59. The quantitative estimate of drug-likeness (QED) is 0.683. The van der Waals surface area contributed by atoms with E-state index in [1.165, 1.54) is 12.1 Å². The summed E-state index contributed by atoms with van der Waals surface area (Å²) in [5.41, 5.74) is -1.68. The van der Waals surface area contributed by atoms with E-state index in [9.17, 15) is 22.8 Å². The summed E-state index contributed by atoms with van der Waals surface area (Å²) < 4.78 is 42.9. The van der Waals surface area contributed by atoms with Crippen LogP contribution in [0, 0.1) is 12.3 Å². The fourth-order valence-electron chi connectivity index (χ4n) is 1.62. The Kier molecular flexibility index (Phi) is 5.36. The second-order valence-electron chi connectivity index (χ2n) is 4.00. The zero-order chi connectivity index (χ0) is 16.0. The van der Waals surface area contributed by atoms with Gasteiger partial charge in [0.05, 0.1) is 18.2 Å². The summed E-state index contributed by atoms with van der Waals surface area (Å²) in [6.45, 7) is 0. The van der Waals surface area contributed by atoms with Gasteiger partial charge in [0, 0.05) is 6.42 Å². The van der Waals surface area contributed by atoms with Crippen molar-refractivity contribution in [3.63, 3.8) is 0 Å². The monoisotopic (exact) mass is 299 g/mol. The number of terminal acetylenes is 1. The fraction of sp³-hybridized carbons (Fsp3) is 0.286. The number of carbonyl (C=O) groups excluding carboxylic acids is 2. The molecular weight excluding hydrogens is 287 g/mol. The van der Waals surface area contributed by atoms with Crippen molar-refractivity contribution >= 4 is 11.9 Å². The largest absolute Gasteiger partial charge is 0.467 e. The number of methoxy groups -OCH3 is 1. The van der Waals surface area contributed by atoms with E-state index in [0.29, 0.717) is 0 Å². The van der Waals surface area contributed by atoms with Crippen molar-refractivity contribution in [2.75, 3.05) is 7.11 Å². The highest BCUT2D eigenvalue weighted by Gasteiger charge is 2.35. The highest BCUT2D eigenvalue weighted by Crippen LogP contribution is 2.31. The number of amides is 1. The van der Waals surface area contributed by atoms with Crippen molar-refractivity contribution in [3.05, 3.63) is 35.4 Å². The van der Waals surface area contributed by atoms with Gasteiger partial charge in [-0.25, -0.2) is 4.79 Å². The standard InChI is InChI=1S/C14H12F3NO3/c1-3-6-11(13(20)21-2)18-12(19)9-7-4-5-8-10(9)14(15,16)17/h1,4-5,7-8,11H,6H2,2H3,(H,18,19)/t11-/m0/s1. The van der Waals surface area contributed by atoms with Crippen molar-refractivity contribution in [3.8, 4) is 12.3 Å². The number of benzene rings is 1. The van der Waals surface area contributed by atoms with E-state index in [0.717, 1.165) is 19.2 Å². The Morgan fingerprint density at radius 2 is 2.00 bits per heavy atom. The Morgan fingerprint density at radius 3 is 2.52 bits per heavy atom. The second kappa shape index (κ2) is 6.79. The molecular formula is C14H12F3NO3. The van der Waals surface area contributed by atoms with E-state index in [2.05, 4.69) is 16.0 Å². The van der Waals surface area contributed by atoms with E-state index >= 15 is 0 Å². The number of esters is 1. The number of halogens is 3. The van der Waals surface area contributed by atoms with E-state index in [1.54, 1.807) is 0 Å². The van der Waals surface area contributed by atoms with Gasteiger partial charge in [-0.05, 0) is 12.1 Å². The molecule has 0 unspecified atom stereocenters. The smallest absolute Gasteiger partial charge is 0.417 e. The molecule has 21 heavy (non-hydrogen) atoms. The van der Waals surface area contributed by atoms with Crippen molar-refractivity contribution < 1.29 is 27.5 Å². The molecule has 4 nitrogen and oxygen atoms in total. The maximum absolute atomic E-state index is 12.8. The maximum Gasteiger partial charge on any atom is 0.417 e. The van der Waals surface area contributed by atoms with Crippen LogP contribution in [0.15, 0.2) is 24.3 Å². The van der Waals surface area contributed by atoms with Crippen LogP contribution in [0.5, 0.6) is 0 Å². The molecule has 0 aliphatic rings. The molecule has 1 aromatic carbocycles. The van der Waals surface area contributed by atoms with Gasteiger partial charge in [-0.2, -0.15) is 13.2 Å². The molecule has 0 aliphatic carbocycles. The van der Waals surface area contributed by atoms with E-state index in [1.807, 2.05) is 0 Å². The molecule has 1 aromatic rings. The summed E-state index contributed by atoms with van der Waals surface area (Å²) in [5, 5.41) is 2.14. The van der Waals surface area contributed by atoms with Crippen LogP contribution in [0.25, 0.3) is 0 Å². The molecule has 1 N–H and O–H groups in total. The van der Waals surface area contributed by atoms with Crippen LogP contribution >= 0.6 is 0 Å². The normalized spacial score (nSPS) is 12.1. The molecule has 0 aromatic heterocycles. The van der Waals surface area contributed by atoms with Crippen LogP contribution in [0.3, 0.4) is 0 Å². The molecule has 0 bridgehead atoms. The number of hydrogen-bond donors (Lipinski definition) is 1. The fourth-order valence-corrected chi connectivity index (χ4v) is 1.62. The van der Waals surface area contributed by atoms with Crippen molar-refractivity contribution in [2.45, 2.75) is 18.6 Å². The van der Waals surface area contributed by atoms with Gasteiger partial charge >= 0.3 is 12.1 Å². The van der Waals surface area contributed by atoms with Gasteiger partial charge in [-0.3, -0.25) is 4.79 Å². The first kappa shape index (κ1) is 16.6. The Balaban J connectivity index is 3.04. The second-order valence-corrected chi connectivity index (χ2v) is 4.00. The minimum Gasteiger partial charge on any atom is -0.467 e. The lowest BCUT2D eigenvalue weighted by atomic mass is 10.1. The summed E-state index contributed by atoms with van der Waals surface area (Å²) in [6.07, 6.45) is 0.179. The summed E-state index contributed by atoms with van der Waals surface area (Å²) in [4.78, 5) is 23.3. The molecule has 1 atom stereocenters. The third kappa shape index (κ3) is 4.24. The Hall–Kier alpha value is -2.49. The van der Waals surface area contributed by atoms with E-state index in [4.69, 9.17) is 6.42 Å². The van der Waals surface area contributed by atoms with Crippen LogP contribution < -0.4 is 5.32 Å². The van der Waals surface area contributed by atoms with Crippen molar-refractivity contribution in [1.29, 1.82) is 0 Å². The van der Waals surface area contributed by atoms with Crippen LogP contribution in [0.1, 0.15) is 22.3 Å². The van der Waals surface area contributed by atoms with Gasteiger partial charge in [0.2, 0.25) is 0 Å². The van der Waals surface area contributed by atoms with Crippen LogP contribution in [-0.2, 0) is 15.7 Å². The molecule has 112 valence electrons. The summed E-state index contributed by atoms with van der Waals surface area (Å²) in [5.74, 6) is 0.271.